The number of ether oxygens (including phenoxy) is 1. The Morgan fingerprint density at radius 3 is 2.94 bits per heavy atom. The van der Waals surface area contributed by atoms with Gasteiger partial charge in [-0.3, -0.25) is 4.79 Å². The summed E-state index contributed by atoms with van der Waals surface area (Å²) in [6, 6.07) is -0.109. The topological polar surface area (TPSA) is 49.8 Å². The SMILES string of the molecule is O=C(CCOCC(F)F)N1CCC[C@H]1CO. The molecule has 1 heterocycles. The van der Waals surface area contributed by atoms with Crippen LogP contribution in [0.5, 0.6) is 0 Å². The fourth-order valence-corrected chi connectivity index (χ4v) is 1.83. The van der Waals surface area contributed by atoms with Crippen molar-refractivity contribution in [3.63, 3.8) is 0 Å². The second kappa shape index (κ2) is 6.75. The Kier molecular flexibility index (Phi) is 5.62. The molecule has 1 amide bonds. The average molecular weight is 237 g/mol. The van der Waals surface area contributed by atoms with Crippen LogP contribution < -0.4 is 0 Å². The van der Waals surface area contributed by atoms with Crippen LogP contribution in [0.4, 0.5) is 8.78 Å². The maximum atomic E-state index is 11.7. The Hall–Kier alpha value is -0.750. The summed E-state index contributed by atoms with van der Waals surface area (Å²) in [5, 5.41) is 9.01. The molecule has 1 fully saturated rings. The lowest BCUT2D eigenvalue weighted by atomic mass is 10.2. The number of aliphatic hydroxyl groups is 1. The van der Waals surface area contributed by atoms with E-state index >= 15 is 0 Å². The fourth-order valence-electron chi connectivity index (χ4n) is 1.83. The van der Waals surface area contributed by atoms with E-state index in [1.54, 1.807) is 4.90 Å². The molecule has 1 aliphatic heterocycles. The third-order valence-electron chi connectivity index (χ3n) is 2.61. The minimum atomic E-state index is -2.49. The highest BCUT2D eigenvalue weighted by atomic mass is 19.3. The second-order valence-electron chi connectivity index (χ2n) is 3.78. The molecule has 1 rings (SSSR count). The average Bonchev–Trinajstić information content (AvgIpc) is 2.71. The van der Waals surface area contributed by atoms with Gasteiger partial charge in [0.25, 0.3) is 6.43 Å². The van der Waals surface area contributed by atoms with Gasteiger partial charge in [-0.1, -0.05) is 0 Å². The van der Waals surface area contributed by atoms with Gasteiger partial charge in [-0.2, -0.15) is 0 Å². The van der Waals surface area contributed by atoms with Crippen molar-refractivity contribution in [2.75, 3.05) is 26.4 Å². The zero-order valence-corrected chi connectivity index (χ0v) is 9.07. The van der Waals surface area contributed by atoms with E-state index < -0.39 is 13.0 Å². The van der Waals surface area contributed by atoms with E-state index in [1.807, 2.05) is 0 Å². The molecule has 4 nitrogen and oxygen atoms in total. The molecule has 0 aliphatic carbocycles. The first-order valence-electron chi connectivity index (χ1n) is 5.41. The highest BCUT2D eigenvalue weighted by Gasteiger charge is 2.27. The predicted octanol–water partition coefficient (Wildman–Crippen LogP) is 0.641. The first kappa shape index (κ1) is 13.3. The van der Waals surface area contributed by atoms with Crippen molar-refractivity contribution in [1.82, 2.24) is 4.90 Å². The molecule has 0 radical (unpaired) electrons. The number of hydrogen-bond donors (Lipinski definition) is 1. The third kappa shape index (κ3) is 4.02. The van der Waals surface area contributed by atoms with E-state index in [1.165, 1.54) is 0 Å². The summed E-state index contributed by atoms with van der Waals surface area (Å²) in [7, 11) is 0. The van der Waals surface area contributed by atoms with Gasteiger partial charge in [-0.25, -0.2) is 8.78 Å². The Balaban J connectivity index is 2.19. The monoisotopic (exact) mass is 237 g/mol. The third-order valence-corrected chi connectivity index (χ3v) is 2.61. The van der Waals surface area contributed by atoms with Crippen LogP contribution in [0.15, 0.2) is 0 Å². The number of carbonyl (C=O) groups excluding carboxylic acids is 1. The predicted molar refractivity (Wildman–Crippen MR) is 53.3 cm³/mol. The van der Waals surface area contributed by atoms with Crippen LogP contribution >= 0.6 is 0 Å². The molecule has 0 aromatic heterocycles. The van der Waals surface area contributed by atoms with Gasteiger partial charge in [0.2, 0.25) is 5.91 Å². The summed E-state index contributed by atoms with van der Waals surface area (Å²) in [5.41, 5.74) is 0. The molecule has 16 heavy (non-hydrogen) atoms. The highest BCUT2D eigenvalue weighted by molar-refractivity contribution is 5.76. The van der Waals surface area contributed by atoms with Crippen molar-refractivity contribution >= 4 is 5.91 Å². The van der Waals surface area contributed by atoms with Crippen molar-refractivity contribution in [1.29, 1.82) is 0 Å². The van der Waals surface area contributed by atoms with Crippen molar-refractivity contribution < 1.29 is 23.4 Å². The Morgan fingerprint density at radius 1 is 1.56 bits per heavy atom. The van der Waals surface area contributed by atoms with Crippen molar-refractivity contribution in [2.24, 2.45) is 0 Å². The van der Waals surface area contributed by atoms with Crippen LogP contribution in [0, 0.1) is 0 Å². The number of alkyl halides is 2. The van der Waals surface area contributed by atoms with E-state index in [0.717, 1.165) is 12.8 Å². The quantitative estimate of drug-likeness (QED) is 0.690. The Labute approximate surface area is 93.2 Å². The molecular weight excluding hydrogens is 220 g/mol. The normalized spacial score (nSPS) is 20.8. The number of rotatable bonds is 6. The highest BCUT2D eigenvalue weighted by Crippen LogP contribution is 2.17. The van der Waals surface area contributed by atoms with Crippen LogP contribution in [-0.2, 0) is 9.53 Å². The Bertz CT molecular complexity index is 226. The molecule has 1 N–H and O–H groups in total. The lowest BCUT2D eigenvalue weighted by Gasteiger charge is -2.22. The number of nitrogens with zero attached hydrogens (tertiary/aromatic N) is 1. The van der Waals surface area contributed by atoms with Crippen LogP contribution in [0.2, 0.25) is 0 Å². The lowest BCUT2D eigenvalue weighted by Crippen LogP contribution is -2.38. The number of carbonyl (C=O) groups is 1. The fraction of sp³-hybridized carbons (Fsp3) is 0.900. The van der Waals surface area contributed by atoms with Gasteiger partial charge in [0.1, 0.15) is 6.61 Å². The van der Waals surface area contributed by atoms with Crippen molar-refractivity contribution in [3.05, 3.63) is 0 Å². The number of hydrogen-bond acceptors (Lipinski definition) is 3. The summed E-state index contributed by atoms with van der Waals surface area (Å²) in [5.74, 6) is -0.134. The largest absolute Gasteiger partial charge is 0.394 e. The van der Waals surface area contributed by atoms with Gasteiger partial charge in [-0.15, -0.1) is 0 Å². The molecule has 1 aliphatic rings. The smallest absolute Gasteiger partial charge is 0.261 e. The number of likely N-dealkylation sites (tertiary alicyclic amines) is 1. The zero-order valence-electron chi connectivity index (χ0n) is 9.07. The van der Waals surface area contributed by atoms with Gasteiger partial charge in [0.05, 0.1) is 25.7 Å². The van der Waals surface area contributed by atoms with Gasteiger partial charge in [0.15, 0.2) is 0 Å². The number of aliphatic hydroxyl groups excluding tert-OH is 1. The standard InChI is InChI=1S/C10H17F2NO3/c11-9(12)7-16-5-3-10(15)13-4-1-2-8(13)6-14/h8-9,14H,1-7H2/t8-/m0/s1. The Morgan fingerprint density at radius 2 is 2.31 bits per heavy atom. The summed E-state index contributed by atoms with van der Waals surface area (Å²) >= 11 is 0. The molecule has 1 saturated heterocycles. The maximum Gasteiger partial charge on any atom is 0.261 e. The van der Waals surface area contributed by atoms with E-state index in [9.17, 15) is 13.6 Å². The molecule has 94 valence electrons. The van der Waals surface area contributed by atoms with E-state index in [-0.39, 0.29) is 31.6 Å². The molecule has 0 aromatic rings. The van der Waals surface area contributed by atoms with E-state index in [2.05, 4.69) is 4.74 Å². The maximum absolute atomic E-state index is 11.7. The summed E-state index contributed by atoms with van der Waals surface area (Å²) in [6.07, 6.45) is -0.704. The first-order chi connectivity index (χ1) is 7.65. The molecular formula is C10H17F2NO3. The summed E-state index contributed by atoms with van der Waals surface area (Å²) in [4.78, 5) is 13.2. The van der Waals surface area contributed by atoms with E-state index in [4.69, 9.17) is 5.11 Å². The van der Waals surface area contributed by atoms with Crippen LogP contribution in [0.25, 0.3) is 0 Å². The van der Waals surface area contributed by atoms with Gasteiger partial charge in [-0.05, 0) is 12.8 Å². The van der Waals surface area contributed by atoms with Crippen molar-refractivity contribution in [2.45, 2.75) is 31.7 Å². The minimum Gasteiger partial charge on any atom is -0.394 e. The number of amides is 1. The van der Waals surface area contributed by atoms with Crippen LogP contribution in [0.1, 0.15) is 19.3 Å². The first-order valence-corrected chi connectivity index (χ1v) is 5.41. The molecule has 1 atom stereocenters. The lowest BCUT2D eigenvalue weighted by molar-refractivity contribution is -0.134. The van der Waals surface area contributed by atoms with Crippen molar-refractivity contribution in [3.8, 4) is 0 Å². The van der Waals surface area contributed by atoms with Gasteiger partial charge in [0, 0.05) is 6.54 Å². The molecule has 0 saturated carbocycles. The van der Waals surface area contributed by atoms with Gasteiger partial charge < -0.3 is 14.7 Å². The number of halogens is 2. The minimum absolute atomic E-state index is 0.0117. The molecule has 0 unspecified atom stereocenters. The molecule has 0 spiro atoms. The van der Waals surface area contributed by atoms with Gasteiger partial charge >= 0.3 is 0 Å². The van der Waals surface area contributed by atoms with E-state index in [0.29, 0.717) is 6.54 Å². The molecule has 0 bridgehead atoms. The summed E-state index contributed by atoms with van der Waals surface area (Å²) in [6.45, 7) is -0.0168. The second-order valence-corrected chi connectivity index (χ2v) is 3.78. The van der Waals surface area contributed by atoms with Crippen LogP contribution in [0.3, 0.4) is 0 Å². The molecule has 0 aromatic carbocycles. The van der Waals surface area contributed by atoms with Crippen LogP contribution in [-0.4, -0.2) is 54.7 Å². The zero-order chi connectivity index (χ0) is 12.0. The summed E-state index contributed by atoms with van der Waals surface area (Å²) < 4.78 is 28.1. The molecule has 6 heteroatoms.